The van der Waals surface area contributed by atoms with Gasteiger partial charge in [-0.15, -0.1) is 0 Å². The summed E-state index contributed by atoms with van der Waals surface area (Å²) in [6, 6.07) is 7.13. The number of nitrogens with one attached hydrogen (secondary N) is 1. The zero-order chi connectivity index (χ0) is 15.2. The van der Waals surface area contributed by atoms with Crippen molar-refractivity contribution in [1.29, 1.82) is 0 Å². The highest BCUT2D eigenvalue weighted by Gasteiger charge is 2.10. The molecule has 1 rings (SSSR count). The van der Waals surface area contributed by atoms with Crippen LogP contribution in [0.2, 0.25) is 0 Å². The van der Waals surface area contributed by atoms with Gasteiger partial charge in [0.05, 0.1) is 18.5 Å². The summed E-state index contributed by atoms with van der Waals surface area (Å²) in [5, 5.41) is 0. The first-order valence-corrected chi connectivity index (χ1v) is 8.34. The molecule has 0 aliphatic heterocycles. The molecular weight excluding hydrogens is 296 g/mol. The van der Waals surface area contributed by atoms with Crippen molar-refractivity contribution in [2.45, 2.75) is 26.5 Å². The summed E-state index contributed by atoms with van der Waals surface area (Å²) >= 11 is 4.85. The molecule has 3 N–H and O–H groups in total. The molecule has 1 aromatic carbocycles. The third-order valence-electron chi connectivity index (χ3n) is 2.54. The van der Waals surface area contributed by atoms with Gasteiger partial charge in [0.15, 0.2) is 0 Å². The SMILES string of the molecule is CC(C)OCCS(=O)(=O)NCc1ccc(C(N)=S)cc1. The zero-order valence-electron chi connectivity index (χ0n) is 11.6. The van der Waals surface area contributed by atoms with Crippen LogP contribution in [0.25, 0.3) is 0 Å². The van der Waals surface area contributed by atoms with Crippen molar-refractivity contribution in [3.8, 4) is 0 Å². The third kappa shape index (κ3) is 6.42. The highest BCUT2D eigenvalue weighted by atomic mass is 32.2. The Labute approximate surface area is 125 Å². The van der Waals surface area contributed by atoms with Crippen molar-refractivity contribution < 1.29 is 13.2 Å². The van der Waals surface area contributed by atoms with E-state index in [4.69, 9.17) is 22.7 Å². The summed E-state index contributed by atoms with van der Waals surface area (Å²) in [7, 11) is -3.33. The summed E-state index contributed by atoms with van der Waals surface area (Å²) in [6.07, 6.45) is 0.0258. The van der Waals surface area contributed by atoms with Gasteiger partial charge in [0.25, 0.3) is 0 Å². The van der Waals surface area contributed by atoms with E-state index in [0.29, 0.717) is 4.99 Å². The molecule has 0 aliphatic carbocycles. The van der Waals surface area contributed by atoms with Crippen LogP contribution in [0.1, 0.15) is 25.0 Å². The fourth-order valence-corrected chi connectivity index (χ4v) is 2.43. The van der Waals surface area contributed by atoms with Crippen molar-refractivity contribution in [2.75, 3.05) is 12.4 Å². The molecular formula is C13H20N2O3S2. The molecule has 0 atom stereocenters. The van der Waals surface area contributed by atoms with Crippen molar-refractivity contribution in [2.24, 2.45) is 5.73 Å². The molecule has 20 heavy (non-hydrogen) atoms. The van der Waals surface area contributed by atoms with Crippen LogP contribution in [0.4, 0.5) is 0 Å². The molecule has 0 radical (unpaired) electrons. The average Bonchev–Trinajstić information content (AvgIpc) is 2.36. The van der Waals surface area contributed by atoms with Crippen molar-refractivity contribution >= 4 is 27.2 Å². The Morgan fingerprint density at radius 3 is 2.45 bits per heavy atom. The summed E-state index contributed by atoms with van der Waals surface area (Å²) in [4.78, 5) is 0.322. The van der Waals surface area contributed by atoms with Crippen LogP contribution in [0.5, 0.6) is 0 Å². The minimum absolute atomic E-state index is 0.0258. The second-order valence-corrected chi connectivity index (χ2v) is 6.99. The van der Waals surface area contributed by atoms with Gasteiger partial charge in [-0.05, 0) is 19.4 Å². The van der Waals surface area contributed by atoms with E-state index in [9.17, 15) is 8.42 Å². The van der Waals surface area contributed by atoms with E-state index in [0.717, 1.165) is 11.1 Å². The molecule has 0 amide bonds. The Morgan fingerprint density at radius 1 is 1.35 bits per heavy atom. The lowest BCUT2D eigenvalue weighted by Gasteiger charge is -2.09. The number of hydrogen-bond acceptors (Lipinski definition) is 4. The number of ether oxygens (including phenoxy) is 1. The Hall–Kier alpha value is -1.02. The van der Waals surface area contributed by atoms with Crippen LogP contribution in [0.3, 0.4) is 0 Å². The molecule has 0 saturated heterocycles. The van der Waals surface area contributed by atoms with Gasteiger partial charge in [-0.1, -0.05) is 36.5 Å². The fraction of sp³-hybridized carbons (Fsp3) is 0.462. The van der Waals surface area contributed by atoms with Crippen LogP contribution in [-0.4, -0.2) is 31.9 Å². The van der Waals surface area contributed by atoms with Gasteiger partial charge >= 0.3 is 0 Å². The van der Waals surface area contributed by atoms with Crippen LogP contribution in [0.15, 0.2) is 24.3 Å². The average molecular weight is 316 g/mol. The number of benzene rings is 1. The molecule has 0 bridgehead atoms. The topological polar surface area (TPSA) is 81.4 Å². The molecule has 0 aliphatic rings. The Morgan fingerprint density at radius 2 is 1.95 bits per heavy atom. The summed E-state index contributed by atoms with van der Waals surface area (Å²) in [5.74, 6) is -0.0455. The van der Waals surface area contributed by atoms with Crippen molar-refractivity contribution in [3.05, 3.63) is 35.4 Å². The third-order valence-corrected chi connectivity index (χ3v) is 4.06. The fourth-order valence-electron chi connectivity index (χ4n) is 1.45. The van der Waals surface area contributed by atoms with Gasteiger partial charge in [0.1, 0.15) is 4.99 Å². The molecule has 0 unspecified atom stereocenters. The van der Waals surface area contributed by atoms with Gasteiger partial charge in [-0.2, -0.15) is 0 Å². The molecule has 0 saturated carbocycles. The molecule has 0 spiro atoms. The number of nitrogens with two attached hydrogens (primary N) is 1. The van der Waals surface area contributed by atoms with Gasteiger partial charge in [0.2, 0.25) is 10.0 Å². The van der Waals surface area contributed by atoms with E-state index in [1.54, 1.807) is 24.3 Å². The first kappa shape index (κ1) is 17.0. The van der Waals surface area contributed by atoms with Gasteiger partial charge in [0, 0.05) is 12.1 Å². The van der Waals surface area contributed by atoms with E-state index in [1.165, 1.54) is 0 Å². The van der Waals surface area contributed by atoms with Crippen LogP contribution in [-0.2, 0) is 21.3 Å². The maximum absolute atomic E-state index is 11.7. The lowest BCUT2D eigenvalue weighted by atomic mass is 10.1. The molecule has 0 heterocycles. The van der Waals surface area contributed by atoms with Gasteiger partial charge in [-0.3, -0.25) is 0 Å². The van der Waals surface area contributed by atoms with Crippen molar-refractivity contribution in [3.63, 3.8) is 0 Å². The standard InChI is InChI=1S/C13H20N2O3S2/c1-10(2)18-7-8-20(16,17)15-9-11-3-5-12(6-4-11)13(14)19/h3-6,10,15H,7-9H2,1-2H3,(H2,14,19). The number of hydrogen-bond donors (Lipinski definition) is 2. The molecule has 7 heteroatoms. The largest absolute Gasteiger partial charge is 0.389 e. The predicted octanol–water partition coefficient (Wildman–Crippen LogP) is 1.17. The van der Waals surface area contributed by atoms with Crippen LogP contribution in [0, 0.1) is 0 Å². The van der Waals surface area contributed by atoms with Crippen molar-refractivity contribution in [1.82, 2.24) is 4.72 Å². The number of rotatable bonds is 8. The highest BCUT2D eigenvalue weighted by molar-refractivity contribution is 7.89. The number of sulfonamides is 1. The molecule has 5 nitrogen and oxygen atoms in total. The summed E-state index contributed by atoms with van der Waals surface area (Å²) in [6.45, 7) is 4.15. The minimum atomic E-state index is -3.33. The van der Waals surface area contributed by atoms with E-state index in [1.807, 2.05) is 13.8 Å². The lowest BCUT2D eigenvalue weighted by molar-refractivity contribution is 0.0911. The Balaban J connectivity index is 2.47. The van der Waals surface area contributed by atoms with E-state index >= 15 is 0 Å². The first-order chi connectivity index (χ1) is 9.30. The second-order valence-electron chi connectivity index (χ2n) is 4.62. The van der Waals surface area contributed by atoms with Gasteiger partial charge < -0.3 is 10.5 Å². The number of thiocarbonyl (C=S) groups is 1. The van der Waals surface area contributed by atoms with Gasteiger partial charge in [-0.25, -0.2) is 13.1 Å². The smallest absolute Gasteiger partial charge is 0.214 e. The highest BCUT2D eigenvalue weighted by Crippen LogP contribution is 2.05. The maximum atomic E-state index is 11.7. The summed E-state index contributed by atoms with van der Waals surface area (Å²) in [5.41, 5.74) is 7.10. The Kier molecular flexibility index (Phi) is 6.54. The Bertz CT molecular complexity index is 539. The maximum Gasteiger partial charge on any atom is 0.214 e. The lowest BCUT2D eigenvalue weighted by Crippen LogP contribution is -2.28. The molecule has 1 aromatic rings. The summed E-state index contributed by atoms with van der Waals surface area (Å²) < 4.78 is 31.2. The van der Waals surface area contributed by atoms with Crippen LogP contribution >= 0.6 is 12.2 Å². The normalized spacial score (nSPS) is 11.8. The minimum Gasteiger partial charge on any atom is -0.389 e. The van der Waals surface area contributed by atoms with E-state index in [-0.39, 0.29) is 25.0 Å². The van der Waals surface area contributed by atoms with E-state index in [2.05, 4.69) is 4.72 Å². The van der Waals surface area contributed by atoms with Crippen LogP contribution < -0.4 is 10.5 Å². The first-order valence-electron chi connectivity index (χ1n) is 6.28. The zero-order valence-corrected chi connectivity index (χ0v) is 13.3. The van der Waals surface area contributed by atoms with E-state index < -0.39 is 10.0 Å². The molecule has 0 aromatic heterocycles. The quantitative estimate of drug-likeness (QED) is 0.704. The molecule has 112 valence electrons. The predicted molar refractivity (Wildman–Crippen MR) is 84.0 cm³/mol. The molecule has 0 fully saturated rings. The second kappa shape index (κ2) is 7.68. The monoisotopic (exact) mass is 316 g/mol.